The van der Waals surface area contributed by atoms with E-state index in [9.17, 15) is 9.59 Å². The molecule has 1 spiro atoms. The molecule has 0 unspecified atom stereocenters. The molecule has 0 N–H and O–H groups in total. The van der Waals surface area contributed by atoms with Gasteiger partial charge in [-0.3, -0.25) is 9.59 Å². The number of hydrogen-bond donors (Lipinski definition) is 0. The molecule has 0 radical (unpaired) electrons. The summed E-state index contributed by atoms with van der Waals surface area (Å²) in [6.45, 7) is 2.08. The Kier molecular flexibility index (Phi) is 4.10. The monoisotopic (exact) mass is 395 g/mol. The number of benzene rings is 1. The number of hydrogen-bond acceptors (Lipinski definition) is 5. The Bertz CT molecular complexity index is 1130. The molecular weight excluding hydrogens is 374 g/mol. The molecule has 2 aromatic heterocycles. The largest absolute Gasteiger partial charge is 0.370 e. The van der Waals surface area contributed by atoms with Crippen molar-refractivity contribution in [1.82, 2.24) is 14.5 Å². The van der Waals surface area contributed by atoms with E-state index in [4.69, 9.17) is 4.74 Å². The highest BCUT2D eigenvalue weighted by atomic mass is 32.1. The van der Waals surface area contributed by atoms with Crippen LogP contribution in [0.15, 0.2) is 40.8 Å². The SMILES string of the molecule is Cn1cnc2cc(C(=O)N3CCC4(CC3)OCCc3sccc34)ccc2c1=O. The van der Waals surface area contributed by atoms with Crippen molar-refractivity contribution in [1.29, 1.82) is 0 Å². The fourth-order valence-corrected chi connectivity index (χ4v) is 5.32. The molecule has 0 saturated carbocycles. The van der Waals surface area contributed by atoms with E-state index in [0.717, 1.165) is 25.9 Å². The number of aromatic nitrogens is 2. The molecule has 2 aliphatic rings. The van der Waals surface area contributed by atoms with Crippen molar-refractivity contribution in [3.8, 4) is 0 Å². The van der Waals surface area contributed by atoms with Crippen molar-refractivity contribution < 1.29 is 9.53 Å². The molecule has 0 atom stereocenters. The summed E-state index contributed by atoms with van der Waals surface area (Å²) in [4.78, 5) is 32.8. The first-order chi connectivity index (χ1) is 13.6. The molecule has 1 amide bonds. The molecule has 1 aromatic carbocycles. The zero-order chi connectivity index (χ0) is 19.3. The van der Waals surface area contributed by atoms with E-state index in [2.05, 4.69) is 16.4 Å². The Morgan fingerprint density at radius 1 is 1.25 bits per heavy atom. The molecule has 1 saturated heterocycles. The van der Waals surface area contributed by atoms with Crippen LogP contribution in [-0.2, 0) is 23.8 Å². The number of piperidine rings is 1. The summed E-state index contributed by atoms with van der Waals surface area (Å²) in [7, 11) is 1.67. The Balaban J connectivity index is 1.38. The highest BCUT2D eigenvalue weighted by Crippen LogP contribution is 2.43. The summed E-state index contributed by atoms with van der Waals surface area (Å²) < 4.78 is 7.67. The minimum Gasteiger partial charge on any atom is -0.370 e. The molecule has 4 heterocycles. The van der Waals surface area contributed by atoms with Gasteiger partial charge in [-0.15, -0.1) is 11.3 Å². The van der Waals surface area contributed by atoms with Gasteiger partial charge in [0.2, 0.25) is 0 Å². The molecule has 28 heavy (non-hydrogen) atoms. The zero-order valence-electron chi connectivity index (χ0n) is 15.7. The van der Waals surface area contributed by atoms with Gasteiger partial charge < -0.3 is 14.2 Å². The second-order valence-corrected chi connectivity index (χ2v) is 8.54. The highest BCUT2D eigenvalue weighted by molar-refractivity contribution is 7.10. The number of aryl methyl sites for hydroxylation is 1. The van der Waals surface area contributed by atoms with Gasteiger partial charge >= 0.3 is 0 Å². The summed E-state index contributed by atoms with van der Waals surface area (Å²) >= 11 is 1.81. The number of fused-ring (bicyclic) bond motifs is 3. The predicted octanol–water partition coefficient (Wildman–Crippen LogP) is 2.70. The molecule has 6 nitrogen and oxygen atoms in total. The summed E-state index contributed by atoms with van der Waals surface area (Å²) in [5.74, 6) is -0.0134. The van der Waals surface area contributed by atoms with E-state index in [-0.39, 0.29) is 17.1 Å². The lowest BCUT2D eigenvalue weighted by Gasteiger charge is -2.44. The molecular formula is C21H21N3O3S. The van der Waals surface area contributed by atoms with E-state index in [1.54, 1.807) is 36.6 Å². The van der Waals surface area contributed by atoms with Crippen LogP contribution in [0, 0.1) is 0 Å². The standard InChI is InChI=1S/C21H21N3O3S/c1-23-13-22-17-12-14(2-3-15(17)20(23)26)19(25)24-8-6-21(7-9-24)16-5-11-28-18(16)4-10-27-21/h2-3,5,11-13H,4,6-10H2,1H3. The third-order valence-electron chi connectivity index (χ3n) is 5.97. The number of likely N-dealkylation sites (tertiary alicyclic amines) is 1. The average molecular weight is 395 g/mol. The molecule has 144 valence electrons. The van der Waals surface area contributed by atoms with E-state index in [1.807, 2.05) is 4.90 Å². The third-order valence-corrected chi connectivity index (χ3v) is 6.95. The van der Waals surface area contributed by atoms with Crippen molar-refractivity contribution in [3.63, 3.8) is 0 Å². The van der Waals surface area contributed by atoms with E-state index < -0.39 is 0 Å². The first-order valence-electron chi connectivity index (χ1n) is 9.53. The van der Waals surface area contributed by atoms with E-state index in [0.29, 0.717) is 29.6 Å². The van der Waals surface area contributed by atoms with Crippen LogP contribution >= 0.6 is 11.3 Å². The second kappa shape index (κ2) is 6.53. The number of amides is 1. The Morgan fingerprint density at radius 3 is 2.89 bits per heavy atom. The van der Waals surface area contributed by atoms with Gasteiger partial charge in [0.25, 0.3) is 11.5 Å². The molecule has 7 heteroatoms. The minimum atomic E-state index is -0.235. The van der Waals surface area contributed by atoms with Crippen molar-refractivity contribution >= 4 is 28.1 Å². The fraction of sp³-hybridized carbons (Fsp3) is 0.381. The number of rotatable bonds is 1. The Labute approximate surface area is 166 Å². The number of carbonyl (C=O) groups is 1. The lowest BCUT2D eigenvalue weighted by Crippen LogP contribution is -2.48. The van der Waals surface area contributed by atoms with E-state index in [1.165, 1.54) is 21.3 Å². The van der Waals surface area contributed by atoms with Crippen molar-refractivity contribution in [2.75, 3.05) is 19.7 Å². The van der Waals surface area contributed by atoms with Crippen LogP contribution in [-0.4, -0.2) is 40.1 Å². The average Bonchev–Trinajstić information content (AvgIpc) is 3.21. The Hall–Kier alpha value is -2.51. The highest BCUT2D eigenvalue weighted by Gasteiger charge is 2.42. The maximum Gasteiger partial charge on any atom is 0.260 e. The number of carbonyl (C=O) groups excluding carboxylic acids is 1. The number of ether oxygens (including phenoxy) is 1. The lowest BCUT2D eigenvalue weighted by molar-refractivity contribution is -0.0926. The molecule has 2 aliphatic heterocycles. The van der Waals surface area contributed by atoms with Crippen LogP contribution < -0.4 is 5.56 Å². The van der Waals surface area contributed by atoms with Crippen molar-refractivity contribution in [2.45, 2.75) is 24.9 Å². The van der Waals surface area contributed by atoms with Gasteiger partial charge in [0.05, 0.1) is 29.4 Å². The maximum atomic E-state index is 13.0. The van der Waals surface area contributed by atoms with Crippen LogP contribution in [0.5, 0.6) is 0 Å². The molecule has 5 rings (SSSR count). The molecule has 0 aliphatic carbocycles. The zero-order valence-corrected chi connectivity index (χ0v) is 16.5. The molecule has 1 fully saturated rings. The summed E-state index contributed by atoms with van der Waals surface area (Å²) in [6, 6.07) is 7.33. The predicted molar refractivity (Wildman–Crippen MR) is 108 cm³/mol. The van der Waals surface area contributed by atoms with Crippen LogP contribution in [0.4, 0.5) is 0 Å². The van der Waals surface area contributed by atoms with Gasteiger partial charge in [-0.25, -0.2) is 4.98 Å². The minimum absolute atomic E-state index is 0.0134. The summed E-state index contributed by atoms with van der Waals surface area (Å²) in [5, 5.41) is 2.67. The first kappa shape index (κ1) is 17.6. The molecule has 3 aromatic rings. The summed E-state index contributed by atoms with van der Waals surface area (Å²) in [5.41, 5.74) is 2.11. The molecule has 0 bridgehead atoms. The normalized spacial score (nSPS) is 18.4. The Morgan fingerprint density at radius 2 is 2.07 bits per heavy atom. The maximum absolute atomic E-state index is 13.0. The van der Waals surface area contributed by atoms with Crippen molar-refractivity contribution in [3.05, 3.63) is 62.3 Å². The van der Waals surface area contributed by atoms with Gasteiger partial charge in [-0.2, -0.15) is 0 Å². The first-order valence-corrected chi connectivity index (χ1v) is 10.4. The smallest absolute Gasteiger partial charge is 0.260 e. The lowest BCUT2D eigenvalue weighted by atomic mass is 9.82. The van der Waals surface area contributed by atoms with Gasteiger partial charge in [0.1, 0.15) is 0 Å². The van der Waals surface area contributed by atoms with Gasteiger partial charge in [-0.05, 0) is 48.1 Å². The van der Waals surface area contributed by atoms with Crippen LogP contribution in [0.1, 0.15) is 33.6 Å². The van der Waals surface area contributed by atoms with Crippen LogP contribution in [0.25, 0.3) is 10.9 Å². The number of nitrogens with zero attached hydrogens (tertiary/aromatic N) is 3. The van der Waals surface area contributed by atoms with Gasteiger partial charge in [0, 0.05) is 37.0 Å². The quantitative estimate of drug-likeness (QED) is 0.636. The fourth-order valence-electron chi connectivity index (χ4n) is 4.37. The third kappa shape index (κ3) is 2.69. The van der Waals surface area contributed by atoms with E-state index >= 15 is 0 Å². The second-order valence-electron chi connectivity index (χ2n) is 7.53. The number of thiophene rings is 1. The summed E-state index contributed by atoms with van der Waals surface area (Å²) in [6.07, 6.45) is 4.10. The van der Waals surface area contributed by atoms with Gasteiger partial charge in [0.15, 0.2) is 0 Å². The topological polar surface area (TPSA) is 64.4 Å². The van der Waals surface area contributed by atoms with Crippen LogP contribution in [0.3, 0.4) is 0 Å². The van der Waals surface area contributed by atoms with Gasteiger partial charge in [-0.1, -0.05) is 0 Å². The van der Waals surface area contributed by atoms with Crippen LogP contribution in [0.2, 0.25) is 0 Å². The van der Waals surface area contributed by atoms with Crippen molar-refractivity contribution in [2.24, 2.45) is 7.05 Å².